The largest absolute Gasteiger partial charge is 0.466 e. The second-order valence-electron chi connectivity index (χ2n) is 4.29. The van der Waals surface area contributed by atoms with Crippen molar-refractivity contribution >= 4 is 11.8 Å². The number of ether oxygens (including phenoxy) is 1. The normalized spacial score (nSPS) is 20.1. The standard InChI is InChI=1S/C13H20O3/c1-3-12(14)9-6-10-4-7-11(8-5-10)13(15)16-2/h7,10H,3-6,8-9H2,1-2H3. The molecule has 16 heavy (non-hydrogen) atoms. The molecule has 0 aromatic carbocycles. The number of methoxy groups -OCH3 is 1. The van der Waals surface area contributed by atoms with Crippen molar-refractivity contribution in [3.05, 3.63) is 11.6 Å². The van der Waals surface area contributed by atoms with Crippen molar-refractivity contribution in [3.63, 3.8) is 0 Å². The molecule has 0 aromatic heterocycles. The summed E-state index contributed by atoms with van der Waals surface area (Å²) in [7, 11) is 1.41. The number of esters is 1. The van der Waals surface area contributed by atoms with E-state index < -0.39 is 0 Å². The zero-order valence-corrected chi connectivity index (χ0v) is 10.1. The maximum absolute atomic E-state index is 11.2. The lowest BCUT2D eigenvalue weighted by Gasteiger charge is -2.20. The molecule has 0 fully saturated rings. The molecule has 1 atom stereocenters. The van der Waals surface area contributed by atoms with E-state index in [0.29, 0.717) is 24.5 Å². The van der Waals surface area contributed by atoms with Crippen molar-refractivity contribution in [3.8, 4) is 0 Å². The van der Waals surface area contributed by atoms with Crippen LogP contribution in [0.15, 0.2) is 11.6 Å². The Balaban J connectivity index is 2.34. The average Bonchev–Trinajstić information content (AvgIpc) is 2.35. The first-order valence-electron chi connectivity index (χ1n) is 5.96. The summed E-state index contributed by atoms with van der Waals surface area (Å²) < 4.78 is 4.68. The highest BCUT2D eigenvalue weighted by molar-refractivity contribution is 5.88. The van der Waals surface area contributed by atoms with Crippen LogP contribution in [0.25, 0.3) is 0 Å². The molecule has 1 unspecified atom stereocenters. The van der Waals surface area contributed by atoms with E-state index >= 15 is 0 Å². The Morgan fingerprint density at radius 3 is 2.75 bits per heavy atom. The third-order valence-corrected chi connectivity index (χ3v) is 3.19. The first-order valence-corrected chi connectivity index (χ1v) is 5.96. The lowest BCUT2D eigenvalue weighted by Crippen LogP contribution is -2.13. The fraction of sp³-hybridized carbons (Fsp3) is 0.692. The fourth-order valence-corrected chi connectivity index (χ4v) is 2.01. The van der Waals surface area contributed by atoms with Crippen molar-refractivity contribution < 1.29 is 14.3 Å². The predicted molar refractivity (Wildman–Crippen MR) is 62.0 cm³/mol. The SMILES string of the molecule is CCC(=O)CCC1CC=C(C(=O)OC)CC1. The van der Waals surface area contributed by atoms with E-state index in [1.54, 1.807) is 0 Å². The lowest BCUT2D eigenvalue weighted by molar-refractivity contribution is -0.136. The van der Waals surface area contributed by atoms with Gasteiger partial charge in [0.05, 0.1) is 7.11 Å². The van der Waals surface area contributed by atoms with Crippen molar-refractivity contribution in [2.75, 3.05) is 7.11 Å². The van der Waals surface area contributed by atoms with E-state index in [0.717, 1.165) is 31.3 Å². The van der Waals surface area contributed by atoms with E-state index in [9.17, 15) is 9.59 Å². The molecule has 0 amide bonds. The summed E-state index contributed by atoms with van der Waals surface area (Å²) in [4.78, 5) is 22.4. The molecule has 3 nitrogen and oxygen atoms in total. The zero-order valence-electron chi connectivity index (χ0n) is 10.1. The smallest absolute Gasteiger partial charge is 0.333 e. The Hall–Kier alpha value is -1.12. The molecule has 0 saturated carbocycles. The molecule has 0 radical (unpaired) electrons. The molecule has 0 bridgehead atoms. The van der Waals surface area contributed by atoms with Crippen LogP contribution in [-0.4, -0.2) is 18.9 Å². The van der Waals surface area contributed by atoms with Crippen LogP contribution < -0.4 is 0 Å². The molecule has 0 spiro atoms. The highest BCUT2D eigenvalue weighted by Crippen LogP contribution is 2.27. The molecule has 3 heteroatoms. The summed E-state index contributed by atoms with van der Waals surface area (Å²) in [6.07, 6.45) is 6.93. The Kier molecular flexibility index (Phi) is 5.23. The number of carbonyl (C=O) groups is 2. The quantitative estimate of drug-likeness (QED) is 0.674. The second kappa shape index (κ2) is 6.46. The Bertz CT molecular complexity index is 292. The minimum absolute atomic E-state index is 0.205. The maximum atomic E-state index is 11.2. The van der Waals surface area contributed by atoms with Crippen LogP contribution in [0.3, 0.4) is 0 Å². The van der Waals surface area contributed by atoms with E-state index in [1.807, 2.05) is 13.0 Å². The van der Waals surface area contributed by atoms with E-state index in [1.165, 1.54) is 7.11 Å². The van der Waals surface area contributed by atoms with Gasteiger partial charge in [-0.05, 0) is 31.6 Å². The van der Waals surface area contributed by atoms with Crippen molar-refractivity contribution in [1.82, 2.24) is 0 Å². The molecule has 0 N–H and O–H groups in total. The van der Waals surface area contributed by atoms with Crippen LogP contribution >= 0.6 is 0 Å². The lowest BCUT2D eigenvalue weighted by atomic mass is 9.86. The molecule has 1 rings (SSSR count). The topological polar surface area (TPSA) is 43.4 Å². The molecule has 0 aromatic rings. The highest BCUT2D eigenvalue weighted by atomic mass is 16.5. The maximum Gasteiger partial charge on any atom is 0.333 e. The number of allylic oxidation sites excluding steroid dienone is 1. The summed E-state index contributed by atoms with van der Waals surface area (Å²) >= 11 is 0. The van der Waals surface area contributed by atoms with Crippen LogP contribution in [0.2, 0.25) is 0 Å². The molecule has 90 valence electrons. The van der Waals surface area contributed by atoms with Crippen molar-refractivity contribution in [2.24, 2.45) is 5.92 Å². The fourth-order valence-electron chi connectivity index (χ4n) is 2.01. The van der Waals surface area contributed by atoms with Crippen LogP contribution in [0.4, 0.5) is 0 Å². The van der Waals surface area contributed by atoms with Gasteiger partial charge >= 0.3 is 5.97 Å². The molecule has 0 heterocycles. The predicted octanol–water partition coefficient (Wildman–Crippen LogP) is 2.65. The number of hydrogen-bond donors (Lipinski definition) is 0. The number of ketones is 1. The summed E-state index contributed by atoms with van der Waals surface area (Å²) in [5.74, 6) is 0.690. The van der Waals surface area contributed by atoms with Gasteiger partial charge in [0.25, 0.3) is 0 Å². The number of carbonyl (C=O) groups excluding carboxylic acids is 2. The van der Waals surface area contributed by atoms with Gasteiger partial charge in [0, 0.05) is 18.4 Å². The molecule has 1 aliphatic rings. The Morgan fingerprint density at radius 2 is 2.25 bits per heavy atom. The minimum Gasteiger partial charge on any atom is -0.466 e. The van der Waals surface area contributed by atoms with Gasteiger partial charge in [-0.25, -0.2) is 4.79 Å². The summed E-state index contributed by atoms with van der Waals surface area (Å²) in [5.41, 5.74) is 0.792. The number of hydrogen-bond acceptors (Lipinski definition) is 3. The zero-order chi connectivity index (χ0) is 12.0. The van der Waals surface area contributed by atoms with Crippen molar-refractivity contribution in [1.29, 1.82) is 0 Å². The Morgan fingerprint density at radius 1 is 1.50 bits per heavy atom. The van der Waals surface area contributed by atoms with E-state index in [2.05, 4.69) is 4.74 Å². The van der Waals surface area contributed by atoms with Crippen LogP contribution in [0, 0.1) is 5.92 Å². The first kappa shape index (κ1) is 12.9. The highest BCUT2D eigenvalue weighted by Gasteiger charge is 2.19. The van der Waals surface area contributed by atoms with Gasteiger partial charge in [-0.3, -0.25) is 4.79 Å². The molecular weight excluding hydrogens is 204 g/mol. The van der Waals surface area contributed by atoms with Gasteiger partial charge in [0.2, 0.25) is 0 Å². The molecule has 0 saturated heterocycles. The summed E-state index contributed by atoms with van der Waals surface area (Å²) in [6, 6.07) is 0. The van der Waals surface area contributed by atoms with E-state index in [4.69, 9.17) is 0 Å². The summed E-state index contributed by atoms with van der Waals surface area (Å²) in [5, 5.41) is 0. The van der Waals surface area contributed by atoms with Crippen LogP contribution in [0.5, 0.6) is 0 Å². The Labute approximate surface area is 96.9 Å². The second-order valence-corrected chi connectivity index (χ2v) is 4.29. The first-order chi connectivity index (χ1) is 7.67. The number of rotatable bonds is 5. The monoisotopic (exact) mass is 224 g/mol. The van der Waals surface area contributed by atoms with Gasteiger partial charge in [-0.1, -0.05) is 13.0 Å². The molecule has 1 aliphatic carbocycles. The minimum atomic E-state index is -0.205. The van der Waals surface area contributed by atoms with E-state index in [-0.39, 0.29) is 5.97 Å². The van der Waals surface area contributed by atoms with Gasteiger partial charge < -0.3 is 4.74 Å². The van der Waals surface area contributed by atoms with Crippen LogP contribution in [-0.2, 0) is 14.3 Å². The third-order valence-electron chi connectivity index (χ3n) is 3.19. The van der Waals surface area contributed by atoms with Crippen molar-refractivity contribution in [2.45, 2.75) is 45.4 Å². The van der Waals surface area contributed by atoms with Gasteiger partial charge in [0.15, 0.2) is 0 Å². The summed E-state index contributed by atoms with van der Waals surface area (Å²) in [6.45, 7) is 1.90. The van der Waals surface area contributed by atoms with Gasteiger partial charge in [-0.2, -0.15) is 0 Å². The van der Waals surface area contributed by atoms with Gasteiger partial charge in [-0.15, -0.1) is 0 Å². The molecule has 0 aliphatic heterocycles. The number of Topliss-reactive ketones (excluding diaryl/α,β-unsaturated/α-hetero) is 1. The van der Waals surface area contributed by atoms with Gasteiger partial charge in [0.1, 0.15) is 5.78 Å². The molecular formula is C13H20O3. The third kappa shape index (κ3) is 3.80. The van der Waals surface area contributed by atoms with Crippen LogP contribution in [0.1, 0.15) is 45.4 Å². The average molecular weight is 224 g/mol.